The first-order valence-corrected chi connectivity index (χ1v) is 4.96. The van der Waals surface area contributed by atoms with Crippen molar-refractivity contribution in [3.63, 3.8) is 0 Å². The van der Waals surface area contributed by atoms with Crippen LogP contribution < -0.4 is 0 Å². The van der Waals surface area contributed by atoms with E-state index in [9.17, 15) is 0 Å². The third kappa shape index (κ3) is 1.77. The van der Waals surface area contributed by atoms with Gasteiger partial charge in [0.25, 0.3) is 0 Å². The fraction of sp³-hybridized carbons (Fsp3) is 0.250. The average Bonchev–Trinajstić information content (AvgIpc) is 2.61. The van der Waals surface area contributed by atoms with Crippen LogP contribution in [0.15, 0.2) is 30.6 Å². The molecular weight excluding hydrogens is 364 g/mol. The summed E-state index contributed by atoms with van der Waals surface area (Å²) in [5, 5.41) is 0. The second-order valence-electron chi connectivity index (χ2n) is 3.62. The van der Waals surface area contributed by atoms with Gasteiger partial charge in [-0.05, 0) is 6.42 Å². The van der Waals surface area contributed by atoms with Crippen LogP contribution in [0, 0.1) is 6.07 Å². The molecular formula is C12H11IrN2-. The molecule has 0 fully saturated rings. The standard InChI is InChI=1S/C12H11N2.Ir/c1-2-6-11-10(4-1)5-3-8-14-9-7-13-12(11)14;/h1-2,4,7,9H,3,5,8H2;/q-1;. The molecule has 2 nitrogen and oxygen atoms in total. The predicted molar refractivity (Wildman–Crippen MR) is 54.8 cm³/mol. The molecule has 0 bridgehead atoms. The minimum absolute atomic E-state index is 0. The summed E-state index contributed by atoms with van der Waals surface area (Å²) in [6, 6.07) is 9.48. The van der Waals surface area contributed by atoms with E-state index in [0.717, 1.165) is 18.8 Å². The van der Waals surface area contributed by atoms with Crippen molar-refractivity contribution in [1.82, 2.24) is 9.55 Å². The molecule has 0 unspecified atom stereocenters. The van der Waals surface area contributed by atoms with Crippen LogP contribution in [0.3, 0.4) is 0 Å². The first-order chi connectivity index (χ1) is 6.95. The average molecular weight is 375 g/mol. The Kier molecular flexibility index (Phi) is 3.03. The topological polar surface area (TPSA) is 17.8 Å². The summed E-state index contributed by atoms with van der Waals surface area (Å²) >= 11 is 0. The summed E-state index contributed by atoms with van der Waals surface area (Å²) in [5.74, 6) is 1.07. The van der Waals surface area contributed by atoms with Crippen LogP contribution in [0.1, 0.15) is 12.0 Å². The smallest absolute Gasteiger partial charge is 0.0560 e. The number of nitrogens with zero attached hydrogens (tertiary/aromatic N) is 2. The number of rotatable bonds is 0. The van der Waals surface area contributed by atoms with Gasteiger partial charge in [0.1, 0.15) is 0 Å². The molecule has 1 aromatic carbocycles. The van der Waals surface area contributed by atoms with E-state index in [4.69, 9.17) is 0 Å². The Morgan fingerprint density at radius 2 is 2.33 bits per heavy atom. The largest absolute Gasteiger partial charge is 0.371 e. The molecule has 2 heterocycles. The number of fused-ring (bicyclic) bond motifs is 3. The van der Waals surface area contributed by atoms with Crippen molar-refractivity contribution in [2.75, 3.05) is 0 Å². The molecule has 0 saturated carbocycles. The van der Waals surface area contributed by atoms with Crippen LogP contribution in [0.4, 0.5) is 0 Å². The Hall–Kier alpha value is -0.921. The summed E-state index contributed by atoms with van der Waals surface area (Å²) in [7, 11) is 0. The Balaban J connectivity index is 0.000000853. The molecule has 0 spiro atoms. The van der Waals surface area contributed by atoms with Gasteiger partial charge < -0.3 is 4.57 Å². The minimum atomic E-state index is 0. The molecule has 1 aliphatic heterocycles. The van der Waals surface area contributed by atoms with Crippen molar-refractivity contribution in [1.29, 1.82) is 0 Å². The molecule has 1 aliphatic rings. The van der Waals surface area contributed by atoms with Gasteiger partial charge >= 0.3 is 0 Å². The zero-order chi connectivity index (χ0) is 9.38. The van der Waals surface area contributed by atoms with Gasteiger partial charge in [-0.1, -0.05) is 6.42 Å². The van der Waals surface area contributed by atoms with E-state index >= 15 is 0 Å². The normalized spacial score (nSPS) is 13.3. The molecule has 1 aromatic heterocycles. The van der Waals surface area contributed by atoms with Gasteiger partial charge in [0.15, 0.2) is 0 Å². The maximum Gasteiger partial charge on any atom is 0.0560 e. The zero-order valence-electron chi connectivity index (χ0n) is 8.24. The Morgan fingerprint density at radius 3 is 3.27 bits per heavy atom. The molecule has 0 saturated heterocycles. The van der Waals surface area contributed by atoms with E-state index in [2.05, 4.69) is 27.8 Å². The van der Waals surface area contributed by atoms with Crippen molar-refractivity contribution >= 4 is 0 Å². The molecule has 0 amide bonds. The van der Waals surface area contributed by atoms with Crippen molar-refractivity contribution in [3.05, 3.63) is 42.2 Å². The zero-order valence-corrected chi connectivity index (χ0v) is 10.6. The van der Waals surface area contributed by atoms with Crippen molar-refractivity contribution in [2.24, 2.45) is 0 Å². The summed E-state index contributed by atoms with van der Waals surface area (Å²) in [6.07, 6.45) is 6.24. The molecule has 79 valence electrons. The Labute approximate surface area is 103 Å². The molecule has 3 heteroatoms. The van der Waals surface area contributed by atoms with Crippen LogP contribution in [-0.2, 0) is 33.1 Å². The molecule has 2 aromatic rings. The number of hydrogen-bond acceptors (Lipinski definition) is 1. The Bertz CT molecular complexity index is 462. The SMILES string of the molecule is [Ir].[c-]1cccc2c1-c1nccn1CCC2. The molecule has 15 heavy (non-hydrogen) atoms. The predicted octanol–water partition coefficient (Wildman–Crippen LogP) is 2.29. The number of hydrogen-bond donors (Lipinski definition) is 0. The number of aryl methyl sites for hydroxylation is 2. The van der Waals surface area contributed by atoms with E-state index in [-0.39, 0.29) is 20.1 Å². The van der Waals surface area contributed by atoms with E-state index in [1.54, 1.807) is 0 Å². The minimum Gasteiger partial charge on any atom is -0.371 e. The first kappa shape index (κ1) is 10.6. The molecule has 1 radical (unpaired) electrons. The van der Waals surface area contributed by atoms with E-state index in [1.165, 1.54) is 17.5 Å². The Morgan fingerprint density at radius 1 is 1.40 bits per heavy atom. The molecule has 0 N–H and O–H groups in total. The van der Waals surface area contributed by atoms with Gasteiger partial charge in [-0.15, -0.1) is 35.4 Å². The summed E-state index contributed by atoms with van der Waals surface area (Å²) in [5.41, 5.74) is 2.55. The van der Waals surface area contributed by atoms with Gasteiger partial charge in [-0.25, -0.2) is 0 Å². The molecule has 3 rings (SSSR count). The number of aromatic nitrogens is 2. The van der Waals surface area contributed by atoms with Crippen LogP contribution in [-0.4, -0.2) is 9.55 Å². The number of imidazole rings is 1. The van der Waals surface area contributed by atoms with E-state index in [0.29, 0.717) is 0 Å². The monoisotopic (exact) mass is 376 g/mol. The van der Waals surface area contributed by atoms with E-state index in [1.807, 2.05) is 18.5 Å². The quantitative estimate of drug-likeness (QED) is 0.646. The van der Waals surface area contributed by atoms with Gasteiger partial charge in [0.2, 0.25) is 0 Å². The summed E-state index contributed by atoms with van der Waals surface area (Å²) in [4.78, 5) is 4.39. The van der Waals surface area contributed by atoms with Gasteiger partial charge in [0.05, 0.1) is 5.82 Å². The second-order valence-corrected chi connectivity index (χ2v) is 3.62. The van der Waals surface area contributed by atoms with Crippen LogP contribution in [0.5, 0.6) is 0 Å². The first-order valence-electron chi connectivity index (χ1n) is 4.96. The maximum atomic E-state index is 4.39. The van der Waals surface area contributed by atoms with Crippen LogP contribution >= 0.6 is 0 Å². The number of benzene rings is 1. The van der Waals surface area contributed by atoms with Crippen LogP contribution in [0.25, 0.3) is 11.4 Å². The maximum absolute atomic E-state index is 4.39. The van der Waals surface area contributed by atoms with Gasteiger partial charge in [0, 0.05) is 39.0 Å². The third-order valence-electron chi connectivity index (χ3n) is 2.73. The van der Waals surface area contributed by atoms with E-state index < -0.39 is 0 Å². The van der Waals surface area contributed by atoms with Crippen molar-refractivity contribution in [2.45, 2.75) is 19.4 Å². The van der Waals surface area contributed by atoms with Crippen molar-refractivity contribution in [3.8, 4) is 11.4 Å². The summed E-state index contributed by atoms with van der Waals surface area (Å²) < 4.78 is 2.21. The van der Waals surface area contributed by atoms with Gasteiger partial charge in [-0.2, -0.15) is 0 Å². The fourth-order valence-corrected chi connectivity index (χ4v) is 2.05. The summed E-state index contributed by atoms with van der Waals surface area (Å²) in [6.45, 7) is 1.07. The van der Waals surface area contributed by atoms with Crippen LogP contribution in [0.2, 0.25) is 0 Å². The fourth-order valence-electron chi connectivity index (χ4n) is 2.05. The third-order valence-corrected chi connectivity index (χ3v) is 2.73. The molecule has 0 atom stereocenters. The molecule has 0 aliphatic carbocycles. The second kappa shape index (κ2) is 4.29. The van der Waals surface area contributed by atoms with Gasteiger partial charge in [-0.3, -0.25) is 4.98 Å². The van der Waals surface area contributed by atoms with Crippen molar-refractivity contribution < 1.29 is 20.1 Å².